The molecule has 0 aliphatic carbocycles. The van der Waals surface area contributed by atoms with Gasteiger partial charge in [-0.05, 0) is 25.7 Å². The summed E-state index contributed by atoms with van der Waals surface area (Å²) in [6.45, 7) is 4.30. The van der Waals surface area contributed by atoms with Gasteiger partial charge in [-0.25, -0.2) is 0 Å². The number of rotatable bonds is 2. The van der Waals surface area contributed by atoms with Crippen LogP contribution in [0.1, 0.15) is 25.7 Å². The van der Waals surface area contributed by atoms with E-state index in [0.29, 0.717) is 5.82 Å². The summed E-state index contributed by atoms with van der Waals surface area (Å²) in [6, 6.07) is 1.89. The van der Waals surface area contributed by atoms with E-state index < -0.39 is 0 Å². The van der Waals surface area contributed by atoms with Gasteiger partial charge < -0.3 is 15.5 Å². The van der Waals surface area contributed by atoms with Crippen LogP contribution in [0.3, 0.4) is 0 Å². The van der Waals surface area contributed by atoms with E-state index >= 15 is 0 Å². The van der Waals surface area contributed by atoms with Crippen molar-refractivity contribution < 1.29 is 0 Å². The van der Waals surface area contributed by atoms with E-state index in [2.05, 4.69) is 19.8 Å². The number of nitrogens with two attached hydrogens (primary N) is 1. The third-order valence-electron chi connectivity index (χ3n) is 3.54. The summed E-state index contributed by atoms with van der Waals surface area (Å²) in [5.74, 6) is 2.39. The summed E-state index contributed by atoms with van der Waals surface area (Å²) < 4.78 is 0. The van der Waals surface area contributed by atoms with Gasteiger partial charge in [0.1, 0.15) is 11.6 Å². The van der Waals surface area contributed by atoms with Crippen molar-refractivity contribution in [2.75, 3.05) is 41.7 Å². The monoisotopic (exact) mass is 233 g/mol. The Morgan fingerprint density at radius 2 is 1.47 bits per heavy atom. The molecule has 2 fully saturated rings. The van der Waals surface area contributed by atoms with Crippen molar-refractivity contribution in [2.45, 2.75) is 25.7 Å². The highest BCUT2D eigenvalue weighted by atomic mass is 15.3. The number of hydrogen-bond donors (Lipinski definition) is 1. The molecule has 3 heterocycles. The van der Waals surface area contributed by atoms with E-state index in [4.69, 9.17) is 5.73 Å². The molecular formula is C12H19N5. The second-order valence-corrected chi connectivity index (χ2v) is 4.84. The van der Waals surface area contributed by atoms with Crippen molar-refractivity contribution >= 4 is 17.6 Å². The molecule has 0 spiro atoms. The molecular weight excluding hydrogens is 214 g/mol. The molecule has 1 aromatic rings. The zero-order valence-corrected chi connectivity index (χ0v) is 10.1. The van der Waals surface area contributed by atoms with E-state index in [9.17, 15) is 0 Å². The van der Waals surface area contributed by atoms with Crippen LogP contribution in [-0.4, -0.2) is 36.1 Å². The lowest BCUT2D eigenvalue weighted by Gasteiger charge is -2.20. The molecule has 3 rings (SSSR count). The number of aromatic nitrogens is 2. The van der Waals surface area contributed by atoms with Gasteiger partial charge in [-0.1, -0.05) is 0 Å². The molecule has 2 saturated heterocycles. The van der Waals surface area contributed by atoms with Crippen LogP contribution in [-0.2, 0) is 0 Å². The third-order valence-corrected chi connectivity index (χ3v) is 3.54. The quantitative estimate of drug-likeness (QED) is 0.833. The van der Waals surface area contributed by atoms with Crippen LogP contribution >= 0.6 is 0 Å². The summed E-state index contributed by atoms with van der Waals surface area (Å²) in [4.78, 5) is 13.5. The molecule has 5 nitrogen and oxygen atoms in total. The maximum Gasteiger partial charge on any atom is 0.229 e. The fraction of sp³-hybridized carbons (Fsp3) is 0.667. The van der Waals surface area contributed by atoms with Crippen LogP contribution in [0.15, 0.2) is 6.07 Å². The first-order chi connectivity index (χ1) is 8.33. The van der Waals surface area contributed by atoms with Crippen molar-refractivity contribution in [3.63, 3.8) is 0 Å². The summed E-state index contributed by atoms with van der Waals surface area (Å²) in [5, 5.41) is 0. The first-order valence-corrected chi connectivity index (χ1v) is 6.47. The van der Waals surface area contributed by atoms with Gasteiger partial charge in [0, 0.05) is 32.2 Å². The van der Waals surface area contributed by atoms with E-state index in [1.165, 1.54) is 25.7 Å². The molecule has 1 aromatic heterocycles. The molecule has 0 unspecified atom stereocenters. The largest absolute Gasteiger partial charge is 0.383 e. The number of nitrogen functional groups attached to an aromatic ring is 1. The number of nitrogens with zero attached hydrogens (tertiary/aromatic N) is 4. The highest BCUT2D eigenvalue weighted by Crippen LogP contribution is 2.24. The SMILES string of the molecule is Nc1cc(N2CCCC2)nc(N2CCCC2)n1. The molecule has 2 aliphatic heterocycles. The minimum Gasteiger partial charge on any atom is -0.383 e. The molecule has 0 aromatic carbocycles. The topological polar surface area (TPSA) is 58.3 Å². The number of hydrogen-bond acceptors (Lipinski definition) is 5. The Bertz CT molecular complexity index is 360. The van der Waals surface area contributed by atoms with Crippen molar-refractivity contribution in [3.8, 4) is 0 Å². The average molecular weight is 233 g/mol. The van der Waals surface area contributed by atoms with E-state index in [1.807, 2.05) is 6.07 Å². The fourth-order valence-corrected chi connectivity index (χ4v) is 2.61. The zero-order chi connectivity index (χ0) is 11.7. The van der Waals surface area contributed by atoms with Gasteiger partial charge in [0.15, 0.2) is 0 Å². The van der Waals surface area contributed by atoms with Gasteiger partial charge in [-0.3, -0.25) is 0 Å². The first-order valence-electron chi connectivity index (χ1n) is 6.47. The van der Waals surface area contributed by atoms with Gasteiger partial charge >= 0.3 is 0 Å². The van der Waals surface area contributed by atoms with Crippen molar-refractivity contribution in [1.29, 1.82) is 0 Å². The van der Waals surface area contributed by atoms with Gasteiger partial charge in [0.2, 0.25) is 5.95 Å². The van der Waals surface area contributed by atoms with Crippen LogP contribution in [0, 0.1) is 0 Å². The number of anilines is 3. The van der Waals surface area contributed by atoms with Crippen molar-refractivity contribution in [3.05, 3.63) is 6.07 Å². The molecule has 2 N–H and O–H groups in total. The molecule has 0 atom stereocenters. The van der Waals surface area contributed by atoms with Gasteiger partial charge in [-0.15, -0.1) is 0 Å². The van der Waals surface area contributed by atoms with Gasteiger partial charge in [-0.2, -0.15) is 9.97 Å². The van der Waals surface area contributed by atoms with Crippen molar-refractivity contribution in [2.24, 2.45) is 0 Å². The Kier molecular flexibility index (Phi) is 2.74. The molecule has 0 bridgehead atoms. The minimum absolute atomic E-state index is 0.587. The summed E-state index contributed by atoms with van der Waals surface area (Å²) in [6.07, 6.45) is 4.97. The lowest BCUT2D eigenvalue weighted by atomic mass is 10.4. The van der Waals surface area contributed by atoms with E-state index in [1.54, 1.807) is 0 Å². The maximum absolute atomic E-state index is 5.89. The van der Waals surface area contributed by atoms with E-state index in [-0.39, 0.29) is 0 Å². The molecule has 0 amide bonds. The normalized spacial score (nSPS) is 20.2. The smallest absolute Gasteiger partial charge is 0.229 e. The lowest BCUT2D eigenvalue weighted by Crippen LogP contribution is -2.24. The highest BCUT2D eigenvalue weighted by molar-refractivity contribution is 5.53. The Morgan fingerprint density at radius 1 is 0.882 bits per heavy atom. The summed E-state index contributed by atoms with van der Waals surface area (Å²) in [5.41, 5.74) is 5.89. The maximum atomic E-state index is 5.89. The van der Waals surface area contributed by atoms with Crippen LogP contribution in [0.4, 0.5) is 17.6 Å². The highest BCUT2D eigenvalue weighted by Gasteiger charge is 2.19. The van der Waals surface area contributed by atoms with Crippen LogP contribution in [0.25, 0.3) is 0 Å². The van der Waals surface area contributed by atoms with Gasteiger partial charge in [0.25, 0.3) is 0 Å². The minimum atomic E-state index is 0.587. The molecule has 0 saturated carbocycles. The van der Waals surface area contributed by atoms with Crippen molar-refractivity contribution in [1.82, 2.24) is 9.97 Å². The predicted molar refractivity (Wildman–Crippen MR) is 69.3 cm³/mol. The Balaban J connectivity index is 1.88. The van der Waals surface area contributed by atoms with E-state index in [0.717, 1.165) is 37.9 Å². The Hall–Kier alpha value is -1.52. The van der Waals surface area contributed by atoms with Crippen LogP contribution < -0.4 is 15.5 Å². The predicted octanol–water partition coefficient (Wildman–Crippen LogP) is 1.26. The Labute approximate surface area is 102 Å². The Morgan fingerprint density at radius 3 is 2.12 bits per heavy atom. The first kappa shape index (κ1) is 10.6. The fourth-order valence-electron chi connectivity index (χ4n) is 2.61. The third kappa shape index (κ3) is 2.14. The molecule has 2 aliphatic rings. The second-order valence-electron chi connectivity index (χ2n) is 4.84. The molecule has 17 heavy (non-hydrogen) atoms. The standard InChI is InChI=1S/C12H19N5/c13-10-9-11(16-5-1-2-6-16)15-12(14-10)17-7-3-4-8-17/h9H,1-8H2,(H2,13,14,15). The summed E-state index contributed by atoms with van der Waals surface area (Å²) in [7, 11) is 0. The van der Waals surface area contributed by atoms with Crippen LogP contribution in [0.5, 0.6) is 0 Å². The summed E-state index contributed by atoms with van der Waals surface area (Å²) >= 11 is 0. The molecule has 92 valence electrons. The second kappa shape index (κ2) is 4.39. The lowest BCUT2D eigenvalue weighted by molar-refractivity contribution is 0.873. The van der Waals surface area contributed by atoms with Gasteiger partial charge in [0.05, 0.1) is 0 Å². The molecule has 0 radical (unpaired) electrons. The van der Waals surface area contributed by atoms with Crippen LogP contribution in [0.2, 0.25) is 0 Å². The average Bonchev–Trinajstić information content (AvgIpc) is 3.02. The zero-order valence-electron chi connectivity index (χ0n) is 10.1. The molecule has 5 heteroatoms.